The van der Waals surface area contributed by atoms with Crippen molar-refractivity contribution in [2.75, 3.05) is 12.4 Å². The quantitative estimate of drug-likeness (QED) is 0.648. The van der Waals surface area contributed by atoms with Crippen LogP contribution >= 0.6 is 11.8 Å². The normalized spacial score (nSPS) is 25.8. The molecule has 108 valence electrons. The molecule has 0 radical (unpaired) electrons. The van der Waals surface area contributed by atoms with Crippen molar-refractivity contribution in [1.29, 1.82) is 0 Å². The van der Waals surface area contributed by atoms with Crippen molar-refractivity contribution in [3.8, 4) is 0 Å². The average molecular weight is 296 g/mol. The third-order valence-electron chi connectivity index (χ3n) is 3.68. The molecule has 1 aliphatic heterocycles. The average Bonchev–Trinajstić information content (AvgIpc) is 3.15. The maximum Gasteiger partial charge on any atom is 0.313 e. The molecule has 0 amide bonds. The molecule has 0 bridgehead atoms. The maximum atomic E-state index is 11.4. The van der Waals surface area contributed by atoms with Gasteiger partial charge in [0.25, 0.3) is 5.56 Å². The first-order chi connectivity index (χ1) is 9.65. The Hall–Kier alpha value is -1.34. The van der Waals surface area contributed by atoms with Gasteiger partial charge in [0.1, 0.15) is 0 Å². The molecule has 1 aromatic rings. The number of aromatic nitrogens is 2. The number of nitrogens with zero attached hydrogens (tertiary/aromatic N) is 2. The molecule has 1 N–H and O–H groups in total. The summed E-state index contributed by atoms with van der Waals surface area (Å²) in [5.41, 5.74) is -0.337. The molecule has 1 aromatic heterocycles. The first kappa shape index (κ1) is 13.6. The lowest BCUT2D eigenvalue weighted by molar-refractivity contribution is -0.133. The third-order valence-corrected chi connectivity index (χ3v) is 4.63. The Balaban J connectivity index is 1.87. The standard InChI is InChI=1S/C13H16N2O4S/c16-10-3-5-15(13(14-10)20-7-11(17)18)9-4-6-19-12(9)8-1-2-8/h3,5,8-9,12H,1-2,4,6-7H2,(H,17,18). The van der Waals surface area contributed by atoms with E-state index >= 15 is 0 Å². The predicted octanol–water partition coefficient (Wildman–Crippen LogP) is 1.16. The molecule has 0 aromatic carbocycles. The van der Waals surface area contributed by atoms with E-state index in [0.717, 1.165) is 18.2 Å². The topological polar surface area (TPSA) is 81.4 Å². The number of hydrogen-bond acceptors (Lipinski definition) is 5. The van der Waals surface area contributed by atoms with Crippen molar-refractivity contribution < 1.29 is 14.6 Å². The Morgan fingerprint density at radius 2 is 2.30 bits per heavy atom. The fourth-order valence-corrected chi connectivity index (χ4v) is 3.41. The van der Waals surface area contributed by atoms with Crippen molar-refractivity contribution in [2.45, 2.75) is 36.6 Å². The van der Waals surface area contributed by atoms with Gasteiger partial charge in [-0.25, -0.2) is 0 Å². The summed E-state index contributed by atoms with van der Waals surface area (Å²) in [5, 5.41) is 9.26. The van der Waals surface area contributed by atoms with Crippen LogP contribution in [0.1, 0.15) is 25.3 Å². The van der Waals surface area contributed by atoms with Crippen LogP contribution in [0.25, 0.3) is 0 Å². The van der Waals surface area contributed by atoms with Gasteiger partial charge in [0.2, 0.25) is 0 Å². The summed E-state index contributed by atoms with van der Waals surface area (Å²) >= 11 is 1.09. The van der Waals surface area contributed by atoms with Gasteiger partial charge >= 0.3 is 5.97 Å². The number of ether oxygens (including phenoxy) is 1. The summed E-state index contributed by atoms with van der Waals surface area (Å²) in [6.07, 6.45) is 5.14. The van der Waals surface area contributed by atoms with Gasteiger partial charge in [-0.2, -0.15) is 4.98 Å². The SMILES string of the molecule is O=C(O)CSc1nc(=O)ccn1C1CCOC1C1CC1. The Kier molecular flexibility index (Phi) is 3.80. The van der Waals surface area contributed by atoms with Crippen LogP contribution in [0.3, 0.4) is 0 Å². The maximum absolute atomic E-state index is 11.4. The Morgan fingerprint density at radius 3 is 3.00 bits per heavy atom. The van der Waals surface area contributed by atoms with Gasteiger partial charge in [-0.05, 0) is 25.2 Å². The van der Waals surface area contributed by atoms with Crippen LogP contribution in [0.2, 0.25) is 0 Å². The van der Waals surface area contributed by atoms with Crippen LogP contribution in [0.5, 0.6) is 0 Å². The fourth-order valence-electron chi connectivity index (χ4n) is 2.66. The van der Waals surface area contributed by atoms with Gasteiger partial charge in [-0.15, -0.1) is 0 Å². The van der Waals surface area contributed by atoms with E-state index in [1.54, 1.807) is 6.20 Å². The molecule has 2 heterocycles. The molecular formula is C13H16N2O4S. The predicted molar refractivity (Wildman–Crippen MR) is 73.0 cm³/mol. The van der Waals surface area contributed by atoms with E-state index in [1.165, 1.54) is 18.9 Å². The Bertz CT molecular complexity index is 570. The molecule has 2 unspecified atom stereocenters. The van der Waals surface area contributed by atoms with Gasteiger partial charge < -0.3 is 14.4 Å². The second-order valence-corrected chi connectivity index (χ2v) is 6.11. The number of aliphatic carboxylic acids is 1. The van der Waals surface area contributed by atoms with Crippen LogP contribution in [0.15, 0.2) is 22.2 Å². The minimum absolute atomic E-state index is 0.0991. The third kappa shape index (κ3) is 2.88. The van der Waals surface area contributed by atoms with E-state index in [4.69, 9.17) is 9.84 Å². The van der Waals surface area contributed by atoms with E-state index in [9.17, 15) is 9.59 Å². The summed E-state index contributed by atoms with van der Waals surface area (Å²) in [7, 11) is 0. The molecule has 1 aliphatic carbocycles. The van der Waals surface area contributed by atoms with Crippen molar-refractivity contribution in [3.63, 3.8) is 0 Å². The summed E-state index contributed by atoms with van der Waals surface area (Å²) in [6, 6.07) is 1.58. The molecule has 2 aliphatic rings. The minimum Gasteiger partial charge on any atom is -0.481 e. The van der Waals surface area contributed by atoms with Crippen molar-refractivity contribution in [1.82, 2.24) is 9.55 Å². The van der Waals surface area contributed by atoms with E-state index in [0.29, 0.717) is 17.7 Å². The van der Waals surface area contributed by atoms with E-state index in [-0.39, 0.29) is 23.5 Å². The monoisotopic (exact) mass is 296 g/mol. The van der Waals surface area contributed by atoms with Gasteiger partial charge in [0, 0.05) is 18.9 Å². The number of carboxylic acid groups (broad SMARTS) is 1. The molecule has 3 rings (SSSR count). The fraction of sp³-hybridized carbons (Fsp3) is 0.615. The molecule has 2 fully saturated rings. The number of hydrogen-bond donors (Lipinski definition) is 1. The lowest BCUT2D eigenvalue weighted by Crippen LogP contribution is -2.25. The minimum atomic E-state index is -0.916. The van der Waals surface area contributed by atoms with Crippen LogP contribution in [-0.2, 0) is 9.53 Å². The molecule has 1 saturated carbocycles. The second-order valence-electron chi connectivity index (χ2n) is 5.17. The largest absolute Gasteiger partial charge is 0.481 e. The Labute approximate surface area is 120 Å². The lowest BCUT2D eigenvalue weighted by atomic mass is 10.1. The number of rotatable bonds is 5. The zero-order valence-corrected chi connectivity index (χ0v) is 11.7. The van der Waals surface area contributed by atoms with Crippen LogP contribution in [-0.4, -0.2) is 39.1 Å². The number of thioether (sulfide) groups is 1. The zero-order chi connectivity index (χ0) is 14.1. The molecular weight excluding hydrogens is 280 g/mol. The van der Waals surface area contributed by atoms with Gasteiger partial charge in [0.05, 0.1) is 17.9 Å². The van der Waals surface area contributed by atoms with Gasteiger partial charge in [0.15, 0.2) is 5.16 Å². The van der Waals surface area contributed by atoms with Crippen LogP contribution in [0, 0.1) is 5.92 Å². The highest BCUT2D eigenvalue weighted by atomic mass is 32.2. The lowest BCUT2D eigenvalue weighted by Gasteiger charge is -2.23. The highest BCUT2D eigenvalue weighted by Gasteiger charge is 2.41. The van der Waals surface area contributed by atoms with E-state index < -0.39 is 5.97 Å². The van der Waals surface area contributed by atoms with Crippen molar-refractivity contribution >= 4 is 17.7 Å². The summed E-state index contributed by atoms with van der Waals surface area (Å²) in [4.78, 5) is 26.1. The summed E-state index contributed by atoms with van der Waals surface area (Å²) in [5.74, 6) is -0.418. The molecule has 20 heavy (non-hydrogen) atoms. The molecule has 6 nitrogen and oxygen atoms in total. The number of carboxylic acids is 1. The second kappa shape index (κ2) is 5.57. The molecule has 2 atom stereocenters. The highest BCUT2D eigenvalue weighted by Crippen LogP contribution is 2.43. The molecule has 1 saturated heterocycles. The van der Waals surface area contributed by atoms with Crippen LogP contribution in [0.4, 0.5) is 0 Å². The van der Waals surface area contributed by atoms with Crippen LogP contribution < -0.4 is 5.56 Å². The molecule has 7 heteroatoms. The molecule has 0 spiro atoms. The first-order valence-electron chi connectivity index (χ1n) is 6.70. The zero-order valence-electron chi connectivity index (χ0n) is 10.9. The van der Waals surface area contributed by atoms with E-state index in [1.807, 2.05) is 4.57 Å². The summed E-state index contributed by atoms with van der Waals surface area (Å²) < 4.78 is 7.72. The highest BCUT2D eigenvalue weighted by molar-refractivity contribution is 7.99. The van der Waals surface area contributed by atoms with Crippen molar-refractivity contribution in [3.05, 3.63) is 22.6 Å². The van der Waals surface area contributed by atoms with Crippen molar-refractivity contribution in [2.24, 2.45) is 5.92 Å². The Morgan fingerprint density at radius 1 is 1.50 bits per heavy atom. The summed E-state index contributed by atoms with van der Waals surface area (Å²) in [6.45, 7) is 0.709. The smallest absolute Gasteiger partial charge is 0.313 e. The van der Waals surface area contributed by atoms with E-state index in [2.05, 4.69) is 4.98 Å². The number of carbonyl (C=O) groups is 1. The first-order valence-corrected chi connectivity index (χ1v) is 7.69. The van der Waals surface area contributed by atoms with Gasteiger partial charge in [-0.3, -0.25) is 9.59 Å². The van der Waals surface area contributed by atoms with Gasteiger partial charge in [-0.1, -0.05) is 11.8 Å².